The lowest BCUT2D eigenvalue weighted by Crippen LogP contribution is -2.11. The number of pyridine rings is 1. The Morgan fingerprint density at radius 3 is 3.18 bits per heavy atom. The van der Waals surface area contributed by atoms with E-state index in [1.807, 2.05) is 10.6 Å². The molecule has 17 heavy (non-hydrogen) atoms. The molecule has 6 heteroatoms. The number of ether oxygens (including phenoxy) is 1. The lowest BCUT2D eigenvalue weighted by Gasteiger charge is -2.10. The molecule has 0 spiro atoms. The summed E-state index contributed by atoms with van der Waals surface area (Å²) in [7, 11) is 0. The average molecular weight is 234 g/mol. The van der Waals surface area contributed by atoms with Gasteiger partial charge in [-0.25, -0.2) is 9.97 Å². The third-order valence-corrected chi connectivity index (χ3v) is 3.18. The van der Waals surface area contributed by atoms with Crippen LogP contribution in [-0.4, -0.2) is 39.0 Å². The zero-order valence-electron chi connectivity index (χ0n) is 9.28. The summed E-state index contributed by atoms with van der Waals surface area (Å²) in [6, 6.07) is 2.10. The van der Waals surface area contributed by atoms with Gasteiger partial charge in [0.2, 0.25) is 0 Å². The quantitative estimate of drug-likeness (QED) is 0.782. The molecule has 1 fully saturated rings. The topological polar surface area (TPSA) is 86.2 Å². The number of aliphatic hydroxyl groups is 1. The van der Waals surface area contributed by atoms with E-state index < -0.39 is 0 Å². The van der Waals surface area contributed by atoms with Crippen molar-refractivity contribution in [2.45, 2.75) is 18.6 Å². The Balaban J connectivity index is 1.99. The molecule has 1 aliphatic rings. The zero-order chi connectivity index (χ0) is 11.8. The van der Waals surface area contributed by atoms with E-state index in [4.69, 9.17) is 15.6 Å². The minimum atomic E-state index is -0.0726. The molecule has 0 aliphatic carbocycles. The first kappa shape index (κ1) is 10.5. The largest absolute Gasteiger partial charge is 0.394 e. The first-order chi connectivity index (χ1) is 8.29. The highest BCUT2D eigenvalue weighted by molar-refractivity contribution is 5.84. The Morgan fingerprint density at radius 1 is 1.53 bits per heavy atom. The minimum Gasteiger partial charge on any atom is -0.394 e. The van der Waals surface area contributed by atoms with E-state index >= 15 is 0 Å². The SMILES string of the molecule is Nc1nccc2c1ncn2C1COC(CO)C1. The summed E-state index contributed by atoms with van der Waals surface area (Å²) in [5.74, 6) is 0.443. The fraction of sp³-hybridized carbons (Fsp3) is 0.455. The maximum Gasteiger partial charge on any atom is 0.151 e. The summed E-state index contributed by atoms with van der Waals surface area (Å²) in [5, 5.41) is 9.06. The van der Waals surface area contributed by atoms with Crippen LogP contribution >= 0.6 is 0 Å². The number of nitrogen functional groups attached to an aromatic ring is 1. The van der Waals surface area contributed by atoms with Gasteiger partial charge >= 0.3 is 0 Å². The molecule has 1 saturated heterocycles. The molecule has 1 aliphatic heterocycles. The molecule has 0 radical (unpaired) electrons. The van der Waals surface area contributed by atoms with Crippen LogP contribution in [0.4, 0.5) is 5.82 Å². The molecular formula is C11H14N4O2. The van der Waals surface area contributed by atoms with Crippen molar-refractivity contribution in [1.82, 2.24) is 14.5 Å². The van der Waals surface area contributed by atoms with Crippen LogP contribution in [0.1, 0.15) is 12.5 Å². The van der Waals surface area contributed by atoms with Crippen LogP contribution in [0.25, 0.3) is 11.0 Å². The number of hydrogen-bond donors (Lipinski definition) is 2. The van der Waals surface area contributed by atoms with Gasteiger partial charge in [0.15, 0.2) is 5.82 Å². The predicted molar refractivity (Wildman–Crippen MR) is 62.4 cm³/mol. The van der Waals surface area contributed by atoms with Crippen molar-refractivity contribution in [2.24, 2.45) is 0 Å². The van der Waals surface area contributed by atoms with Crippen LogP contribution in [-0.2, 0) is 4.74 Å². The molecule has 3 heterocycles. The minimum absolute atomic E-state index is 0.0623. The summed E-state index contributed by atoms with van der Waals surface area (Å²) < 4.78 is 7.52. The molecule has 3 rings (SSSR count). The molecule has 2 atom stereocenters. The molecule has 3 N–H and O–H groups in total. The molecule has 6 nitrogen and oxygen atoms in total. The van der Waals surface area contributed by atoms with Gasteiger partial charge in [0.05, 0.1) is 37.2 Å². The maximum absolute atomic E-state index is 9.06. The summed E-state index contributed by atoms with van der Waals surface area (Å²) in [6.45, 7) is 0.658. The average Bonchev–Trinajstić information content (AvgIpc) is 2.94. The van der Waals surface area contributed by atoms with Crippen molar-refractivity contribution in [3.8, 4) is 0 Å². The number of aliphatic hydroxyl groups excluding tert-OH is 1. The Kier molecular flexibility index (Phi) is 2.45. The van der Waals surface area contributed by atoms with Crippen LogP contribution < -0.4 is 5.73 Å². The van der Waals surface area contributed by atoms with E-state index in [2.05, 4.69) is 9.97 Å². The standard InChI is InChI=1S/C11H14N4O2/c12-11-10-9(1-2-13-11)15(6-14-10)7-3-8(4-16)17-5-7/h1-2,6-8,16H,3-5H2,(H2,12,13). The number of nitrogens with two attached hydrogens (primary N) is 1. The van der Waals surface area contributed by atoms with Crippen molar-refractivity contribution in [1.29, 1.82) is 0 Å². The summed E-state index contributed by atoms with van der Waals surface area (Å²) in [6.07, 6.45) is 4.16. The van der Waals surface area contributed by atoms with E-state index in [0.29, 0.717) is 12.4 Å². The van der Waals surface area contributed by atoms with E-state index in [1.165, 1.54) is 0 Å². The third kappa shape index (κ3) is 1.65. The Hall–Kier alpha value is -1.66. The number of rotatable bonds is 2. The highest BCUT2D eigenvalue weighted by atomic mass is 16.5. The zero-order valence-corrected chi connectivity index (χ0v) is 9.28. The van der Waals surface area contributed by atoms with Gasteiger partial charge in [0.25, 0.3) is 0 Å². The van der Waals surface area contributed by atoms with Crippen molar-refractivity contribution >= 4 is 16.9 Å². The number of imidazole rings is 1. The smallest absolute Gasteiger partial charge is 0.151 e. The Morgan fingerprint density at radius 2 is 2.41 bits per heavy atom. The van der Waals surface area contributed by atoms with Gasteiger partial charge in [-0.05, 0) is 12.5 Å². The summed E-state index contributed by atoms with van der Waals surface area (Å²) >= 11 is 0. The van der Waals surface area contributed by atoms with Gasteiger partial charge in [-0.1, -0.05) is 0 Å². The van der Waals surface area contributed by atoms with Gasteiger partial charge in [0.1, 0.15) is 5.52 Å². The van der Waals surface area contributed by atoms with Crippen molar-refractivity contribution in [3.05, 3.63) is 18.6 Å². The number of nitrogens with zero attached hydrogens (tertiary/aromatic N) is 3. The molecule has 2 aromatic rings. The van der Waals surface area contributed by atoms with Crippen molar-refractivity contribution in [2.75, 3.05) is 18.9 Å². The van der Waals surface area contributed by atoms with Gasteiger partial charge in [-0.3, -0.25) is 0 Å². The van der Waals surface area contributed by atoms with Crippen LogP contribution in [0.15, 0.2) is 18.6 Å². The molecule has 90 valence electrons. The molecule has 0 amide bonds. The fourth-order valence-electron chi connectivity index (χ4n) is 2.28. The van der Waals surface area contributed by atoms with Crippen molar-refractivity contribution < 1.29 is 9.84 Å². The Labute approximate surface area is 98.0 Å². The Bertz CT molecular complexity index is 539. The first-order valence-corrected chi connectivity index (χ1v) is 5.59. The molecule has 2 aromatic heterocycles. The number of anilines is 1. The van der Waals surface area contributed by atoms with Crippen LogP contribution in [0, 0.1) is 0 Å². The fourth-order valence-corrected chi connectivity index (χ4v) is 2.28. The second-order valence-corrected chi connectivity index (χ2v) is 4.24. The van der Waals surface area contributed by atoms with E-state index in [9.17, 15) is 0 Å². The number of fused-ring (bicyclic) bond motifs is 1. The summed E-state index contributed by atoms with van der Waals surface area (Å²) in [5.41, 5.74) is 7.45. The highest BCUT2D eigenvalue weighted by Gasteiger charge is 2.27. The predicted octanol–water partition coefficient (Wildman–Crippen LogP) is 0.336. The monoisotopic (exact) mass is 234 g/mol. The lowest BCUT2D eigenvalue weighted by molar-refractivity contribution is 0.0576. The van der Waals surface area contributed by atoms with Gasteiger partial charge in [0, 0.05) is 6.20 Å². The molecule has 0 saturated carbocycles. The first-order valence-electron chi connectivity index (χ1n) is 5.59. The normalized spacial score (nSPS) is 24.5. The van der Waals surface area contributed by atoms with Gasteiger partial charge < -0.3 is 20.1 Å². The van der Waals surface area contributed by atoms with Gasteiger partial charge in [-0.15, -0.1) is 0 Å². The van der Waals surface area contributed by atoms with E-state index in [1.54, 1.807) is 12.5 Å². The molecule has 0 bridgehead atoms. The highest BCUT2D eigenvalue weighted by Crippen LogP contribution is 2.28. The van der Waals surface area contributed by atoms with E-state index in [0.717, 1.165) is 17.5 Å². The van der Waals surface area contributed by atoms with Crippen molar-refractivity contribution in [3.63, 3.8) is 0 Å². The second kappa shape index (κ2) is 3.97. The van der Waals surface area contributed by atoms with Crippen LogP contribution in [0.5, 0.6) is 0 Å². The third-order valence-electron chi connectivity index (χ3n) is 3.18. The van der Waals surface area contributed by atoms with Crippen LogP contribution in [0.3, 0.4) is 0 Å². The maximum atomic E-state index is 9.06. The lowest BCUT2D eigenvalue weighted by atomic mass is 10.2. The number of hydrogen-bond acceptors (Lipinski definition) is 5. The molecular weight excluding hydrogens is 220 g/mol. The molecule has 0 aromatic carbocycles. The van der Waals surface area contributed by atoms with Crippen LogP contribution in [0.2, 0.25) is 0 Å². The number of aromatic nitrogens is 3. The summed E-state index contributed by atoms with van der Waals surface area (Å²) in [4.78, 5) is 8.28. The second-order valence-electron chi connectivity index (χ2n) is 4.24. The van der Waals surface area contributed by atoms with Gasteiger partial charge in [-0.2, -0.15) is 0 Å². The molecule has 2 unspecified atom stereocenters. The van der Waals surface area contributed by atoms with E-state index in [-0.39, 0.29) is 18.8 Å².